The van der Waals surface area contributed by atoms with Crippen LogP contribution in [0, 0.1) is 0 Å². The number of anilines is 1. The van der Waals surface area contributed by atoms with Gasteiger partial charge in [0.05, 0.1) is 44.4 Å². The lowest BCUT2D eigenvalue weighted by Crippen LogP contribution is -2.25. The average molecular weight is 413 g/mol. The number of nitrogens with zero attached hydrogens (tertiary/aromatic N) is 1. The second-order valence-corrected chi connectivity index (χ2v) is 5.72. The first-order valence-corrected chi connectivity index (χ1v) is 8.27. The predicted octanol–water partition coefficient (Wildman–Crippen LogP) is 4.05. The molecule has 0 unspecified atom stereocenters. The molecule has 28 heavy (non-hydrogen) atoms. The van der Waals surface area contributed by atoms with Gasteiger partial charge in [0, 0.05) is 12.1 Å². The molecule has 0 aliphatic carbocycles. The zero-order chi connectivity index (χ0) is 20.7. The zero-order valence-electron chi connectivity index (χ0n) is 15.3. The molecule has 2 aromatic carbocycles. The number of rotatable bonds is 6. The molecule has 150 valence electrons. The zero-order valence-corrected chi connectivity index (χ0v) is 16.1. The summed E-state index contributed by atoms with van der Waals surface area (Å²) in [5.74, 6) is 1.39. The number of benzene rings is 2. The van der Waals surface area contributed by atoms with Crippen molar-refractivity contribution in [3.8, 4) is 17.2 Å². The topological polar surface area (TPSA) is 64.1 Å². The van der Waals surface area contributed by atoms with E-state index in [4.69, 9.17) is 26.4 Å². The van der Waals surface area contributed by atoms with Gasteiger partial charge in [-0.2, -0.15) is 18.3 Å². The minimum absolute atomic E-state index is 0.112. The number of nitrogens with one attached hydrogen (secondary N) is 2. The van der Waals surface area contributed by atoms with Gasteiger partial charge in [-0.3, -0.25) is 5.43 Å². The number of halogens is 3. The van der Waals surface area contributed by atoms with Crippen molar-refractivity contribution in [2.75, 3.05) is 26.6 Å². The fraction of sp³-hybridized carbons (Fsp3) is 0.222. The van der Waals surface area contributed by atoms with Crippen LogP contribution in [-0.4, -0.2) is 32.7 Å². The lowest BCUT2D eigenvalue weighted by atomic mass is 10.1. The molecule has 0 heterocycles. The summed E-state index contributed by atoms with van der Waals surface area (Å²) in [5, 5.41) is 6.31. The van der Waals surface area contributed by atoms with Crippen LogP contribution in [0.4, 0.5) is 18.9 Å². The first-order chi connectivity index (χ1) is 13.3. The molecule has 6 nitrogen and oxygen atoms in total. The monoisotopic (exact) mass is 413 g/mol. The molecule has 0 aliphatic heterocycles. The van der Waals surface area contributed by atoms with Crippen molar-refractivity contribution in [1.29, 1.82) is 0 Å². The van der Waals surface area contributed by atoms with Gasteiger partial charge in [0.15, 0.2) is 5.11 Å². The summed E-state index contributed by atoms with van der Waals surface area (Å²) in [5.41, 5.74) is 1.96. The molecule has 0 radical (unpaired) electrons. The van der Waals surface area contributed by atoms with Gasteiger partial charge in [0.1, 0.15) is 17.2 Å². The number of hydrogen-bond donors (Lipinski definition) is 2. The van der Waals surface area contributed by atoms with Crippen LogP contribution in [0.2, 0.25) is 0 Å². The standard InChI is InChI=1S/C18H18F3N3O3S/c1-25-11-8-15(26-2)12(16(9-11)27-3)10-22-24-17(28)23-14-7-5-4-6-13(14)18(19,20)21/h4-10H,1-3H3,(H2,23,24,28)/b22-10+. The molecule has 10 heteroatoms. The molecule has 0 fully saturated rings. The highest BCUT2D eigenvalue weighted by molar-refractivity contribution is 7.80. The van der Waals surface area contributed by atoms with Crippen LogP contribution in [0.3, 0.4) is 0 Å². The van der Waals surface area contributed by atoms with Crippen LogP contribution < -0.4 is 25.0 Å². The van der Waals surface area contributed by atoms with E-state index in [9.17, 15) is 13.2 Å². The molecule has 2 rings (SSSR count). The number of para-hydroxylation sites is 1. The highest BCUT2D eigenvalue weighted by Crippen LogP contribution is 2.34. The smallest absolute Gasteiger partial charge is 0.418 e. The Morgan fingerprint density at radius 2 is 1.64 bits per heavy atom. The summed E-state index contributed by atoms with van der Waals surface area (Å²) in [6, 6.07) is 8.28. The third kappa shape index (κ3) is 5.26. The van der Waals surface area contributed by atoms with Crippen molar-refractivity contribution in [2.45, 2.75) is 6.18 Å². The SMILES string of the molecule is COc1cc(OC)c(/C=N/NC(=S)Nc2ccccc2C(F)(F)F)c(OC)c1. The van der Waals surface area contributed by atoms with Gasteiger partial charge in [-0.25, -0.2) is 0 Å². The van der Waals surface area contributed by atoms with Gasteiger partial charge >= 0.3 is 6.18 Å². The van der Waals surface area contributed by atoms with Gasteiger partial charge in [-0.1, -0.05) is 12.1 Å². The minimum atomic E-state index is -4.51. The maximum Gasteiger partial charge on any atom is 0.418 e. The third-order valence-corrected chi connectivity index (χ3v) is 3.79. The van der Waals surface area contributed by atoms with Crippen LogP contribution in [0.15, 0.2) is 41.5 Å². The third-order valence-electron chi connectivity index (χ3n) is 3.59. The molecule has 0 amide bonds. The van der Waals surface area contributed by atoms with Crippen LogP contribution in [0.1, 0.15) is 11.1 Å². The van der Waals surface area contributed by atoms with E-state index in [1.54, 1.807) is 12.1 Å². The maximum atomic E-state index is 13.0. The Bertz CT molecular complexity index is 848. The second kappa shape index (κ2) is 9.27. The summed E-state index contributed by atoms with van der Waals surface area (Å²) < 4.78 is 54.8. The minimum Gasteiger partial charge on any atom is -0.496 e. The largest absolute Gasteiger partial charge is 0.496 e. The highest BCUT2D eigenvalue weighted by atomic mass is 32.1. The maximum absolute atomic E-state index is 13.0. The molecule has 0 aliphatic rings. The first kappa shape index (κ1) is 21.3. The molecule has 0 saturated carbocycles. The Morgan fingerprint density at radius 3 is 2.18 bits per heavy atom. The summed E-state index contributed by atoms with van der Waals surface area (Å²) in [6.07, 6.45) is -3.13. The van der Waals surface area contributed by atoms with Crippen molar-refractivity contribution in [1.82, 2.24) is 5.43 Å². The normalized spacial score (nSPS) is 11.2. The summed E-state index contributed by atoms with van der Waals surface area (Å²) in [4.78, 5) is 0. The first-order valence-electron chi connectivity index (χ1n) is 7.86. The van der Waals surface area contributed by atoms with Crippen molar-refractivity contribution in [2.24, 2.45) is 5.10 Å². The van der Waals surface area contributed by atoms with E-state index in [1.165, 1.54) is 45.7 Å². The second-order valence-electron chi connectivity index (χ2n) is 5.31. The van der Waals surface area contributed by atoms with Crippen molar-refractivity contribution < 1.29 is 27.4 Å². The predicted molar refractivity (Wildman–Crippen MR) is 104 cm³/mol. The Balaban J connectivity index is 2.15. The van der Waals surface area contributed by atoms with Crippen LogP contribution >= 0.6 is 12.2 Å². The number of hydrazone groups is 1. The molecule has 0 saturated heterocycles. The van der Waals surface area contributed by atoms with Crippen molar-refractivity contribution in [3.63, 3.8) is 0 Å². The van der Waals surface area contributed by atoms with Crippen LogP contribution in [0.25, 0.3) is 0 Å². The Hall–Kier alpha value is -3.01. The number of ether oxygens (including phenoxy) is 3. The lowest BCUT2D eigenvalue weighted by molar-refractivity contribution is -0.136. The van der Waals surface area contributed by atoms with Crippen molar-refractivity contribution in [3.05, 3.63) is 47.5 Å². The Kier molecular flexibility index (Phi) is 7.05. The van der Waals surface area contributed by atoms with E-state index in [0.29, 0.717) is 22.8 Å². The average Bonchev–Trinajstić information content (AvgIpc) is 2.67. The van der Waals surface area contributed by atoms with E-state index in [1.807, 2.05) is 0 Å². The molecule has 2 aromatic rings. The van der Waals surface area contributed by atoms with Gasteiger partial charge in [0.25, 0.3) is 0 Å². The van der Waals surface area contributed by atoms with E-state index in [0.717, 1.165) is 6.07 Å². The molecule has 2 N–H and O–H groups in total. The van der Waals surface area contributed by atoms with Gasteiger partial charge in [-0.15, -0.1) is 0 Å². The summed E-state index contributed by atoms with van der Waals surface area (Å²) in [7, 11) is 4.45. The Labute approximate surface area is 165 Å². The molecular weight excluding hydrogens is 395 g/mol. The van der Waals surface area contributed by atoms with Gasteiger partial charge < -0.3 is 19.5 Å². The highest BCUT2D eigenvalue weighted by Gasteiger charge is 2.33. The Morgan fingerprint density at radius 1 is 1.04 bits per heavy atom. The van der Waals surface area contributed by atoms with E-state index in [2.05, 4.69) is 15.8 Å². The van der Waals surface area contributed by atoms with Gasteiger partial charge in [-0.05, 0) is 24.4 Å². The van der Waals surface area contributed by atoms with E-state index < -0.39 is 11.7 Å². The van der Waals surface area contributed by atoms with E-state index in [-0.39, 0.29) is 10.8 Å². The van der Waals surface area contributed by atoms with Crippen LogP contribution in [0.5, 0.6) is 17.2 Å². The van der Waals surface area contributed by atoms with E-state index >= 15 is 0 Å². The quantitative estimate of drug-likeness (QED) is 0.423. The lowest BCUT2D eigenvalue weighted by Gasteiger charge is -2.14. The summed E-state index contributed by atoms with van der Waals surface area (Å²) >= 11 is 5.01. The fourth-order valence-electron chi connectivity index (χ4n) is 2.30. The van der Waals surface area contributed by atoms with Crippen molar-refractivity contribution >= 4 is 29.2 Å². The molecular formula is C18H18F3N3O3S. The summed E-state index contributed by atoms with van der Waals surface area (Å²) in [6.45, 7) is 0. The molecule has 0 atom stereocenters. The fourth-order valence-corrected chi connectivity index (χ4v) is 2.47. The number of methoxy groups -OCH3 is 3. The molecule has 0 bridgehead atoms. The molecule has 0 aromatic heterocycles. The van der Waals surface area contributed by atoms with Gasteiger partial charge in [0.2, 0.25) is 0 Å². The number of alkyl halides is 3. The van der Waals surface area contributed by atoms with Crippen LogP contribution in [-0.2, 0) is 6.18 Å². The number of hydrogen-bond acceptors (Lipinski definition) is 5. The number of thiocarbonyl (C=S) groups is 1. The molecule has 0 spiro atoms.